The summed E-state index contributed by atoms with van der Waals surface area (Å²) in [5.74, 6) is 1.16. The molecule has 0 bridgehead atoms. The number of nitrogens with zero attached hydrogens (tertiary/aromatic N) is 2. The minimum Gasteiger partial charge on any atom is -0.497 e. The third kappa shape index (κ3) is 4.17. The number of aliphatic imine (C=N–C) groups is 1. The van der Waals surface area contributed by atoms with Crippen LogP contribution in [0.1, 0.15) is 5.56 Å². The number of benzene rings is 2. The van der Waals surface area contributed by atoms with Gasteiger partial charge >= 0.3 is 0 Å². The number of anilines is 1. The first-order valence-corrected chi connectivity index (χ1v) is 12.1. The maximum absolute atomic E-state index is 12.7. The van der Waals surface area contributed by atoms with Crippen LogP contribution < -0.4 is 14.4 Å². The fourth-order valence-corrected chi connectivity index (χ4v) is 7.66. The molecule has 0 aliphatic carbocycles. The smallest absolute Gasteiger partial charge is 0.252 e. The van der Waals surface area contributed by atoms with Crippen LogP contribution in [0.4, 0.5) is 5.69 Å². The quantitative estimate of drug-likeness (QED) is 0.698. The van der Waals surface area contributed by atoms with Crippen LogP contribution in [0.25, 0.3) is 0 Å². The number of ether oxygens (including phenoxy) is 2. The number of amidine groups is 1. The first-order chi connectivity index (χ1) is 14.4. The van der Waals surface area contributed by atoms with Crippen LogP contribution in [-0.2, 0) is 21.1 Å². The molecule has 2 saturated heterocycles. The Bertz CT molecular complexity index is 1080. The zero-order valence-electron chi connectivity index (χ0n) is 16.6. The van der Waals surface area contributed by atoms with Crippen LogP contribution in [0.2, 0.25) is 0 Å². The second-order valence-electron chi connectivity index (χ2n) is 7.16. The van der Waals surface area contributed by atoms with Gasteiger partial charge in [-0.15, -0.1) is 0 Å². The minimum atomic E-state index is -3.13. The summed E-state index contributed by atoms with van der Waals surface area (Å²) in [5, 5.41) is 0.357. The van der Waals surface area contributed by atoms with Crippen molar-refractivity contribution in [1.82, 2.24) is 0 Å². The van der Waals surface area contributed by atoms with E-state index in [0.717, 1.165) is 11.3 Å². The number of hydrogen-bond acceptors (Lipinski definition) is 6. The lowest BCUT2D eigenvalue weighted by Gasteiger charge is -2.26. The zero-order valence-corrected chi connectivity index (χ0v) is 18.3. The number of hydrogen-bond donors (Lipinski definition) is 0. The van der Waals surface area contributed by atoms with Gasteiger partial charge in [-0.3, -0.25) is 4.79 Å². The van der Waals surface area contributed by atoms with Gasteiger partial charge < -0.3 is 14.4 Å². The van der Waals surface area contributed by atoms with Crippen molar-refractivity contribution in [3.8, 4) is 11.5 Å². The summed E-state index contributed by atoms with van der Waals surface area (Å²) >= 11 is 1.35. The normalized spacial score (nSPS) is 23.4. The molecule has 30 heavy (non-hydrogen) atoms. The van der Waals surface area contributed by atoms with Gasteiger partial charge in [-0.1, -0.05) is 36.0 Å². The molecule has 2 aromatic rings. The van der Waals surface area contributed by atoms with Gasteiger partial charge in [0.05, 0.1) is 43.9 Å². The van der Waals surface area contributed by atoms with Crippen LogP contribution in [0.3, 0.4) is 0 Å². The Morgan fingerprint density at radius 3 is 2.53 bits per heavy atom. The largest absolute Gasteiger partial charge is 0.497 e. The predicted octanol–water partition coefficient (Wildman–Crippen LogP) is 2.55. The lowest BCUT2D eigenvalue weighted by Crippen LogP contribution is -2.38. The van der Waals surface area contributed by atoms with Gasteiger partial charge in [0.2, 0.25) is 0 Å². The molecule has 2 atom stereocenters. The number of fused-ring (bicyclic) bond motifs is 1. The summed E-state index contributed by atoms with van der Waals surface area (Å²) < 4.78 is 35.0. The van der Waals surface area contributed by atoms with E-state index in [1.54, 1.807) is 26.4 Å². The molecule has 0 saturated carbocycles. The first kappa shape index (κ1) is 20.7. The van der Waals surface area contributed by atoms with Crippen molar-refractivity contribution >= 4 is 38.4 Å². The molecule has 158 valence electrons. The van der Waals surface area contributed by atoms with Crippen molar-refractivity contribution in [3.63, 3.8) is 0 Å². The third-order valence-electron chi connectivity index (χ3n) is 5.15. The third-order valence-corrected chi connectivity index (χ3v) is 8.36. The molecule has 9 heteroatoms. The summed E-state index contributed by atoms with van der Waals surface area (Å²) in [5.41, 5.74) is 1.55. The maximum Gasteiger partial charge on any atom is 0.252 e. The highest BCUT2D eigenvalue weighted by molar-refractivity contribution is 8.16. The molecule has 0 aromatic heterocycles. The molecule has 2 aliphatic heterocycles. The van der Waals surface area contributed by atoms with Crippen molar-refractivity contribution in [2.75, 3.05) is 30.6 Å². The standard InChI is InChI=1S/C21H22N2O5S2/c1-27-15-9-7-14(8-10-15)11-20(24)22-21-23(16-5-3-4-6-18(16)28-2)17-12-30(25,26)13-19(17)29-21/h3-10,17,19H,11-13H2,1-2H3/t17-,19+/m0/s1. The molecular weight excluding hydrogens is 424 g/mol. The number of methoxy groups -OCH3 is 2. The average Bonchev–Trinajstić information content (AvgIpc) is 3.19. The van der Waals surface area contributed by atoms with E-state index in [-0.39, 0.29) is 35.1 Å². The van der Waals surface area contributed by atoms with Gasteiger partial charge in [-0.2, -0.15) is 4.99 Å². The predicted molar refractivity (Wildman–Crippen MR) is 118 cm³/mol. The van der Waals surface area contributed by atoms with Crippen LogP contribution in [0.5, 0.6) is 11.5 Å². The second-order valence-corrected chi connectivity index (χ2v) is 10.5. The second kappa shape index (κ2) is 8.31. The van der Waals surface area contributed by atoms with Crippen molar-refractivity contribution in [1.29, 1.82) is 0 Å². The topological polar surface area (TPSA) is 85.3 Å². The summed E-state index contributed by atoms with van der Waals surface area (Å²) in [7, 11) is 0.0281. The average molecular weight is 447 g/mol. The summed E-state index contributed by atoms with van der Waals surface area (Å²) in [6.07, 6.45) is 0.154. The van der Waals surface area contributed by atoms with Crippen molar-refractivity contribution in [2.45, 2.75) is 17.7 Å². The van der Waals surface area contributed by atoms with E-state index in [1.807, 2.05) is 41.3 Å². The summed E-state index contributed by atoms with van der Waals surface area (Å²) in [6, 6.07) is 14.4. The van der Waals surface area contributed by atoms with Crippen LogP contribution in [-0.4, -0.2) is 56.5 Å². The molecule has 2 fully saturated rings. The van der Waals surface area contributed by atoms with Crippen LogP contribution >= 0.6 is 11.8 Å². The monoisotopic (exact) mass is 446 g/mol. The van der Waals surface area contributed by atoms with Gasteiger partial charge in [0.15, 0.2) is 15.0 Å². The fraction of sp³-hybridized carbons (Fsp3) is 0.333. The SMILES string of the molecule is COc1ccc(CC(=O)N=C2S[C@@H]3CS(=O)(=O)C[C@@H]3N2c2ccccc2OC)cc1. The van der Waals surface area contributed by atoms with E-state index in [4.69, 9.17) is 9.47 Å². The Balaban J connectivity index is 1.64. The Morgan fingerprint density at radius 1 is 1.10 bits per heavy atom. The number of carbonyl (C=O) groups is 1. The molecule has 0 N–H and O–H groups in total. The van der Waals surface area contributed by atoms with E-state index < -0.39 is 9.84 Å². The summed E-state index contributed by atoms with van der Waals surface area (Å²) in [4.78, 5) is 18.9. The molecule has 0 radical (unpaired) electrons. The first-order valence-electron chi connectivity index (χ1n) is 9.44. The van der Waals surface area contributed by atoms with Crippen LogP contribution in [0, 0.1) is 0 Å². The van der Waals surface area contributed by atoms with E-state index in [1.165, 1.54) is 11.8 Å². The van der Waals surface area contributed by atoms with Crippen molar-refractivity contribution in [3.05, 3.63) is 54.1 Å². The van der Waals surface area contributed by atoms with E-state index in [0.29, 0.717) is 16.6 Å². The molecule has 2 heterocycles. The number of carbonyl (C=O) groups excluding carboxylic acids is 1. The Labute approximate surface area is 180 Å². The van der Waals surface area contributed by atoms with Crippen LogP contribution in [0.15, 0.2) is 53.5 Å². The van der Waals surface area contributed by atoms with E-state index in [9.17, 15) is 13.2 Å². The lowest BCUT2D eigenvalue weighted by molar-refractivity contribution is -0.117. The molecule has 4 rings (SSSR count). The number of para-hydroxylation sites is 2. The molecule has 0 unspecified atom stereocenters. The van der Waals surface area contributed by atoms with Gasteiger partial charge in [-0.25, -0.2) is 8.42 Å². The number of amides is 1. The van der Waals surface area contributed by atoms with Crippen molar-refractivity contribution in [2.24, 2.45) is 4.99 Å². The minimum absolute atomic E-state index is 0.0361. The lowest BCUT2D eigenvalue weighted by atomic mass is 10.1. The van der Waals surface area contributed by atoms with Gasteiger partial charge in [0, 0.05) is 5.25 Å². The highest BCUT2D eigenvalue weighted by atomic mass is 32.2. The molecule has 0 spiro atoms. The highest BCUT2D eigenvalue weighted by Crippen LogP contribution is 2.43. The number of sulfone groups is 1. The fourth-order valence-electron chi connectivity index (χ4n) is 3.74. The maximum atomic E-state index is 12.7. The molecule has 1 amide bonds. The van der Waals surface area contributed by atoms with Crippen molar-refractivity contribution < 1.29 is 22.7 Å². The summed E-state index contributed by atoms with van der Waals surface area (Å²) in [6.45, 7) is 0. The highest BCUT2D eigenvalue weighted by Gasteiger charge is 2.50. The van der Waals surface area contributed by atoms with E-state index in [2.05, 4.69) is 4.99 Å². The van der Waals surface area contributed by atoms with Gasteiger partial charge in [0.25, 0.3) is 5.91 Å². The molecule has 2 aliphatic rings. The Morgan fingerprint density at radius 2 is 1.83 bits per heavy atom. The molecule has 2 aromatic carbocycles. The number of rotatable bonds is 5. The molecular formula is C21H22N2O5S2. The Kier molecular flexibility index (Phi) is 5.75. The van der Waals surface area contributed by atoms with Gasteiger partial charge in [0.1, 0.15) is 11.5 Å². The number of thioether (sulfide) groups is 1. The Hall–Kier alpha value is -2.52. The molecule has 7 nitrogen and oxygen atoms in total. The van der Waals surface area contributed by atoms with Gasteiger partial charge in [-0.05, 0) is 29.8 Å². The van der Waals surface area contributed by atoms with E-state index >= 15 is 0 Å². The zero-order chi connectivity index (χ0) is 21.3.